The van der Waals surface area contributed by atoms with E-state index in [0.29, 0.717) is 0 Å². The van der Waals surface area contributed by atoms with Gasteiger partial charge in [-0.25, -0.2) is 13.6 Å². The second-order valence-electron chi connectivity index (χ2n) is 4.67. The summed E-state index contributed by atoms with van der Waals surface area (Å²) in [6.45, 7) is 3.58. The third-order valence-corrected chi connectivity index (χ3v) is 3.67. The first-order valence-corrected chi connectivity index (χ1v) is 6.63. The van der Waals surface area contributed by atoms with Crippen LogP contribution in [-0.4, -0.2) is 21.6 Å². The number of primary sulfonamides is 1. The first-order chi connectivity index (χ1) is 7.39. The van der Waals surface area contributed by atoms with Gasteiger partial charge in [-0.3, -0.25) is 0 Å². The lowest BCUT2D eigenvalue weighted by Gasteiger charge is -2.38. The van der Waals surface area contributed by atoms with E-state index in [-0.39, 0.29) is 10.3 Å². The fraction of sp³-hybridized carbons (Fsp3) is 0.455. The minimum atomic E-state index is -3.60. The molecule has 5 heteroatoms. The van der Waals surface area contributed by atoms with Crippen molar-refractivity contribution in [1.82, 2.24) is 0 Å². The van der Waals surface area contributed by atoms with Crippen molar-refractivity contribution in [2.75, 3.05) is 13.2 Å². The topological polar surface area (TPSA) is 69.4 Å². The smallest absolute Gasteiger partial charge is 0.238 e. The van der Waals surface area contributed by atoms with Gasteiger partial charge < -0.3 is 4.74 Å². The first kappa shape index (κ1) is 11.6. The van der Waals surface area contributed by atoms with Crippen LogP contribution in [0.4, 0.5) is 0 Å². The molecule has 1 aliphatic rings. The highest BCUT2D eigenvalue weighted by Crippen LogP contribution is 2.31. The van der Waals surface area contributed by atoms with Gasteiger partial charge in [-0.2, -0.15) is 0 Å². The van der Waals surface area contributed by atoms with E-state index in [1.165, 1.54) is 6.07 Å². The van der Waals surface area contributed by atoms with Gasteiger partial charge in [0.25, 0.3) is 0 Å². The van der Waals surface area contributed by atoms with Crippen LogP contribution in [0.25, 0.3) is 0 Å². The summed E-state index contributed by atoms with van der Waals surface area (Å²) in [7, 11) is -3.60. The number of nitrogens with two attached hydrogens (primary N) is 1. The standard InChI is InChI=1S/C11H15NO3S/c1-11(7-15-8-11)6-9-3-2-4-10(5-9)16(12,13)14/h2-5H,6-8H2,1H3,(H2,12,13,14). The number of hydrogen-bond acceptors (Lipinski definition) is 3. The van der Waals surface area contributed by atoms with Crippen LogP contribution in [0, 0.1) is 5.41 Å². The minimum absolute atomic E-state index is 0.136. The average molecular weight is 241 g/mol. The molecule has 2 N–H and O–H groups in total. The molecule has 0 bridgehead atoms. The summed E-state index contributed by atoms with van der Waals surface area (Å²) in [5.74, 6) is 0. The number of benzene rings is 1. The Kier molecular flexibility index (Phi) is 2.77. The monoisotopic (exact) mass is 241 g/mol. The molecule has 16 heavy (non-hydrogen) atoms. The van der Waals surface area contributed by atoms with E-state index in [9.17, 15) is 8.42 Å². The molecule has 0 radical (unpaired) electrons. The number of sulfonamides is 1. The van der Waals surface area contributed by atoms with Crippen molar-refractivity contribution in [2.24, 2.45) is 10.6 Å². The average Bonchev–Trinajstić information content (AvgIpc) is 2.14. The molecule has 1 aliphatic heterocycles. The SMILES string of the molecule is CC1(Cc2cccc(S(N)(=O)=O)c2)COC1. The number of ether oxygens (including phenoxy) is 1. The molecule has 1 fully saturated rings. The van der Waals surface area contributed by atoms with E-state index in [4.69, 9.17) is 9.88 Å². The maximum atomic E-state index is 11.2. The molecule has 88 valence electrons. The predicted molar refractivity (Wildman–Crippen MR) is 60.4 cm³/mol. The molecule has 0 spiro atoms. The van der Waals surface area contributed by atoms with E-state index < -0.39 is 10.0 Å². The maximum absolute atomic E-state index is 11.2. The molecule has 4 nitrogen and oxygen atoms in total. The van der Waals surface area contributed by atoms with Crippen LogP contribution >= 0.6 is 0 Å². The summed E-state index contributed by atoms with van der Waals surface area (Å²) < 4.78 is 27.5. The van der Waals surface area contributed by atoms with Crippen LogP contribution < -0.4 is 5.14 Å². The van der Waals surface area contributed by atoms with E-state index in [2.05, 4.69) is 6.92 Å². The van der Waals surface area contributed by atoms with Gasteiger partial charge in [0.05, 0.1) is 18.1 Å². The molecule has 0 unspecified atom stereocenters. The summed E-state index contributed by atoms with van der Waals surface area (Å²) in [4.78, 5) is 0.175. The van der Waals surface area contributed by atoms with Crippen molar-refractivity contribution in [2.45, 2.75) is 18.2 Å². The lowest BCUT2D eigenvalue weighted by Crippen LogP contribution is -2.41. The van der Waals surface area contributed by atoms with Crippen LogP contribution in [0.1, 0.15) is 12.5 Å². The Labute approximate surface area is 95.5 Å². The first-order valence-electron chi connectivity index (χ1n) is 5.09. The highest BCUT2D eigenvalue weighted by molar-refractivity contribution is 7.89. The molecule has 0 amide bonds. The second kappa shape index (κ2) is 3.84. The van der Waals surface area contributed by atoms with Crippen molar-refractivity contribution in [3.8, 4) is 0 Å². The molecule has 0 atom stereocenters. The van der Waals surface area contributed by atoms with Gasteiger partial charge in [0, 0.05) is 5.41 Å². The number of hydrogen-bond donors (Lipinski definition) is 1. The molecule has 1 saturated heterocycles. The molecular formula is C11H15NO3S. The van der Waals surface area contributed by atoms with Gasteiger partial charge in [-0.1, -0.05) is 19.1 Å². The van der Waals surface area contributed by atoms with Gasteiger partial charge in [-0.05, 0) is 24.1 Å². The highest BCUT2D eigenvalue weighted by Gasteiger charge is 2.33. The van der Waals surface area contributed by atoms with Crippen LogP contribution in [0.3, 0.4) is 0 Å². The molecule has 2 rings (SSSR count). The fourth-order valence-electron chi connectivity index (χ4n) is 1.88. The van der Waals surface area contributed by atoms with Crippen LogP contribution in [0.15, 0.2) is 29.2 Å². The van der Waals surface area contributed by atoms with E-state index >= 15 is 0 Å². The van der Waals surface area contributed by atoms with Gasteiger partial charge in [0.15, 0.2) is 0 Å². The van der Waals surface area contributed by atoms with Crippen LogP contribution in [0.2, 0.25) is 0 Å². The summed E-state index contributed by atoms with van der Waals surface area (Å²) in [6, 6.07) is 6.79. The van der Waals surface area contributed by atoms with E-state index in [1.807, 2.05) is 6.07 Å². The summed E-state index contributed by atoms with van der Waals surface area (Å²) >= 11 is 0. The molecular weight excluding hydrogens is 226 g/mol. The van der Waals surface area contributed by atoms with Gasteiger partial charge in [0.2, 0.25) is 10.0 Å². The van der Waals surface area contributed by atoms with Gasteiger partial charge in [-0.15, -0.1) is 0 Å². The quantitative estimate of drug-likeness (QED) is 0.855. The third kappa shape index (κ3) is 2.42. The Morgan fingerprint density at radius 2 is 2.12 bits per heavy atom. The van der Waals surface area contributed by atoms with E-state index in [1.54, 1.807) is 12.1 Å². The molecule has 0 aromatic heterocycles. The second-order valence-corrected chi connectivity index (χ2v) is 6.23. The zero-order valence-corrected chi connectivity index (χ0v) is 9.96. The number of rotatable bonds is 3. The Morgan fingerprint density at radius 1 is 1.44 bits per heavy atom. The Morgan fingerprint density at radius 3 is 2.62 bits per heavy atom. The third-order valence-electron chi connectivity index (χ3n) is 2.76. The Hall–Kier alpha value is -0.910. The minimum Gasteiger partial charge on any atom is -0.380 e. The predicted octanol–water partition coefficient (Wildman–Crippen LogP) is 0.913. The van der Waals surface area contributed by atoms with Gasteiger partial charge in [0.1, 0.15) is 0 Å². The highest BCUT2D eigenvalue weighted by atomic mass is 32.2. The zero-order valence-electron chi connectivity index (χ0n) is 9.14. The van der Waals surface area contributed by atoms with Crippen molar-refractivity contribution in [3.05, 3.63) is 29.8 Å². The van der Waals surface area contributed by atoms with Crippen molar-refractivity contribution in [1.29, 1.82) is 0 Å². The lowest BCUT2D eigenvalue weighted by atomic mass is 9.82. The molecule has 1 heterocycles. The summed E-state index contributed by atoms with van der Waals surface area (Å²) in [5, 5.41) is 5.08. The summed E-state index contributed by atoms with van der Waals surface area (Å²) in [6.07, 6.45) is 0.816. The van der Waals surface area contributed by atoms with E-state index in [0.717, 1.165) is 25.2 Å². The Bertz CT molecular complexity index is 492. The lowest BCUT2D eigenvalue weighted by molar-refractivity contribution is -0.100. The largest absolute Gasteiger partial charge is 0.380 e. The van der Waals surface area contributed by atoms with Crippen LogP contribution in [-0.2, 0) is 21.2 Å². The maximum Gasteiger partial charge on any atom is 0.238 e. The van der Waals surface area contributed by atoms with Crippen LogP contribution in [0.5, 0.6) is 0 Å². The van der Waals surface area contributed by atoms with Crippen molar-refractivity contribution in [3.63, 3.8) is 0 Å². The van der Waals surface area contributed by atoms with Gasteiger partial charge >= 0.3 is 0 Å². The normalized spacial score (nSPS) is 19.1. The fourth-order valence-corrected chi connectivity index (χ4v) is 2.46. The Balaban J connectivity index is 2.23. The molecule has 1 aromatic rings. The molecule has 0 saturated carbocycles. The molecule has 0 aliphatic carbocycles. The summed E-state index contributed by atoms with van der Waals surface area (Å²) in [5.41, 5.74) is 1.12. The van der Waals surface area contributed by atoms with Crippen molar-refractivity contribution >= 4 is 10.0 Å². The molecule has 1 aromatic carbocycles. The van der Waals surface area contributed by atoms with Crippen molar-refractivity contribution < 1.29 is 13.2 Å². The zero-order chi connectivity index (χ0) is 11.8.